The van der Waals surface area contributed by atoms with Gasteiger partial charge in [-0.1, -0.05) is 12.6 Å². The van der Waals surface area contributed by atoms with Crippen molar-refractivity contribution in [3.63, 3.8) is 0 Å². The van der Waals surface area contributed by atoms with Crippen LogP contribution in [0.5, 0.6) is 23.0 Å². The van der Waals surface area contributed by atoms with Gasteiger partial charge in [-0.25, -0.2) is 4.39 Å². The first-order valence-corrected chi connectivity index (χ1v) is 6.24. The van der Waals surface area contributed by atoms with E-state index < -0.39 is 23.1 Å². The van der Waals surface area contributed by atoms with Gasteiger partial charge in [-0.05, 0) is 29.8 Å². The van der Waals surface area contributed by atoms with Crippen molar-refractivity contribution in [2.45, 2.75) is 0 Å². The molecule has 6 heteroatoms. The van der Waals surface area contributed by atoms with Gasteiger partial charge in [-0.15, -0.1) is 0 Å². The van der Waals surface area contributed by atoms with Crippen molar-refractivity contribution in [2.75, 3.05) is 0 Å². The lowest BCUT2D eigenvalue weighted by Gasteiger charge is -2.04. The van der Waals surface area contributed by atoms with Crippen LogP contribution in [0.3, 0.4) is 0 Å². The molecule has 5 nitrogen and oxygen atoms in total. The van der Waals surface area contributed by atoms with Crippen molar-refractivity contribution in [3.05, 3.63) is 54.1 Å². The highest BCUT2D eigenvalue weighted by atomic mass is 19.1. The number of phenols is 3. The Labute approximate surface area is 123 Å². The predicted octanol–water partition coefficient (Wildman–Crippen LogP) is 3.46. The Bertz CT molecular complexity index is 911. The van der Waals surface area contributed by atoms with Gasteiger partial charge in [0.05, 0.1) is 5.39 Å². The lowest BCUT2D eigenvalue weighted by Crippen LogP contribution is -1.86. The molecule has 2 aromatic carbocycles. The SMILES string of the molecule is C=C(c1ccc(O)c(F)c1)c1oc2c(O)c(O)ccc2c1O. The van der Waals surface area contributed by atoms with Gasteiger partial charge in [0.2, 0.25) is 5.75 Å². The molecule has 1 aromatic heterocycles. The number of rotatable bonds is 2. The van der Waals surface area contributed by atoms with E-state index in [1.54, 1.807) is 0 Å². The van der Waals surface area contributed by atoms with E-state index in [0.717, 1.165) is 12.1 Å². The average Bonchev–Trinajstić information content (AvgIpc) is 2.83. The van der Waals surface area contributed by atoms with Crippen molar-refractivity contribution < 1.29 is 29.2 Å². The van der Waals surface area contributed by atoms with Crippen molar-refractivity contribution in [2.24, 2.45) is 0 Å². The van der Waals surface area contributed by atoms with E-state index in [2.05, 4.69) is 6.58 Å². The van der Waals surface area contributed by atoms with Crippen LogP contribution in [0.1, 0.15) is 11.3 Å². The summed E-state index contributed by atoms with van der Waals surface area (Å²) >= 11 is 0. The van der Waals surface area contributed by atoms with E-state index in [9.17, 15) is 24.8 Å². The number of aromatic hydroxyl groups is 4. The number of halogens is 1. The Morgan fingerprint density at radius 1 is 0.955 bits per heavy atom. The van der Waals surface area contributed by atoms with E-state index in [4.69, 9.17) is 4.42 Å². The topological polar surface area (TPSA) is 94.1 Å². The van der Waals surface area contributed by atoms with Crippen LogP contribution < -0.4 is 0 Å². The van der Waals surface area contributed by atoms with Crippen LogP contribution >= 0.6 is 0 Å². The summed E-state index contributed by atoms with van der Waals surface area (Å²) in [6.45, 7) is 3.73. The first-order chi connectivity index (χ1) is 10.4. The largest absolute Gasteiger partial charge is 0.505 e. The number of fused-ring (bicyclic) bond motifs is 1. The zero-order valence-electron chi connectivity index (χ0n) is 11.2. The molecule has 0 saturated heterocycles. The van der Waals surface area contributed by atoms with E-state index in [1.807, 2.05) is 0 Å². The van der Waals surface area contributed by atoms with Crippen molar-refractivity contribution >= 4 is 16.5 Å². The lowest BCUT2D eigenvalue weighted by atomic mass is 10.0. The van der Waals surface area contributed by atoms with Crippen molar-refractivity contribution in [3.8, 4) is 23.0 Å². The highest BCUT2D eigenvalue weighted by Gasteiger charge is 2.21. The Balaban J connectivity index is 2.17. The number of furan rings is 1. The van der Waals surface area contributed by atoms with Crippen LogP contribution in [0, 0.1) is 5.82 Å². The molecule has 0 bridgehead atoms. The van der Waals surface area contributed by atoms with E-state index in [0.29, 0.717) is 0 Å². The Morgan fingerprint density at radius 2 is 1.64 bits per heavy atom. The molecule has 0 spiro atoms. The molecule has 1 heterocycles. The second-order valence-corrected chi connectivity index (χ2v) is 4.73. The molecule has 0 atom stereocenters. The van der Waals surface area contributed by atoms with Crippen LogP contribution in [0.25, 0.3) is 16.5 Å². The summed E-state index contributed by atoms with van der Waals surface area (Å²) in [5.41, 5.74) is 0.341. The molecule has 22 heavy (non-hydrogen) atoms. The molecule has 3 rings (SSSR count). The zero-order valence-corrected chi connectivity index (χ0v) is 11.2. The number of hydrogen-bond donors (Lipinski definition) is 4. The quantitative estimate of drug-likeness (QED) is 0.544. The molecule has 3 aromatic rings. The van der Waals surface area contributed by atoms with Gasteiger partial charge in [0.25, 0.3) is 0 Å². The Kier molecular flexibility index (Phi) is 2.95. The zero-order chi connectivity index (χ0) is 16.0. The van der Waals surface area contributed by atoms with Gasteiger partial charge >= 0.3 is 0 Å². The van der Waals surface area contributed by atoms with Gasteiger partial charge in [-0.2, -0.15) is 0 Å². The third-order valence-corrected chi connectivity index (χ3v) is 3.35. The highest BCUT2D eigenvalue weighted by Crippen LogP contribution is 2.44. The van der Waals surface area contributed by atoms with E-state index in [1.165, 1.54) is 18.2 Å². The molecule has 0 aliphatic heterocycles. The molecular formula is C16H11FO5. The lowest BCUT2D eigenvalue weighted by molar-refractivity contribution is 0.399. The third-order valence-electron chi connectivity index (χ3n) is 3.35. The average molecular weight is 302 g/mol. The summed E-state index contributed by atoms with van der Waals surface area (Å²) in [6, 6.07) is 6.18. The molecular weight excluding hydrogens is 291 g/mol. The molecule has 0 aliphatic carbocycles. The second kappa shape index (κ2) is 4.70. The van der Waals surface area contributed by atoms with Crippen molar-refractivity contribution in [1.82, 2.24) is 0 Å². The monoisotopic (exact) mass is 302 g/mol. The van der Waals surface area contributed by atoms with Crippen LogP contribution in [0.15, 0.2) is 41.3 Å². The summed E-state index contributed by atoms with van der Waals surface area (Å²) in [5, 5.41) is 38.7. The fourth-order valence-corrected chi connectivity index (χ4v) is 2.15. The summed E-state index contributed by atoms with van der Waals surface area (Å²) in [7, 11) is 0. The normalized spacial score (nSPS) is 11.0. The maximum Gasteiger partial charge on any atom is 0.201 e. The minimum atomic E-state index is -0.838. The van der Waals surface area contributed by atoms with E-state index in [-0.39, 0.29) is 33.6 Å². The van der Waals surface area contributed by atoms with Gasteiger partial charge < -0.3 is 24.8 Å². The first kappa shape index (κ1) is 13.8. The van der Waals surface area contributed by atoms with Gasteiger partial charge in [0, 0.05) is 5.57 Å². The molecule has 112 valence electrons. The van der Waals surface area contributed by atoms with Crippen LogP contribution in [-0.4, -0.2) is 20.4 Å². The second-order valence-electron chi connectivity index (χ2n) is 4.73. The third kappa shape index (κ3) is 1.93. The summed E-state index contributed by atoms with van der Waals surface area (Å²) < 4.78 is 18.8. The highest BCUT2D eigenvalue weighted by molar-refractivity contribution is 5.96. The molecule has 0 fully saturated rings. The standard InChI is InChI=1S/C16H11FO5/c1-7(8-2-4-11(18)10(17)6-8)15-13(20)9-3-5-12(19)14(21)16(9)22-15/h2-6,18-21H,1H2. The van der Waals surface area contributed by atoms with Crippen LogP contribution in [0.4, 0.5) is 4.39 Å². The number of phenolic OH excluding ortho intramolecular Hbond substituents is 3. The summed E-state index contributed by atoms with van der Waals surface area (Å²) in [6.07, 6.45) is 0. The number of hydrogen-bond acceptors (Lipinski definition) is 5. The maximum absolute atomic E-state index is 13.4. The fourth-order valence-electron chi connectivity index (χ4n) is 2.15. The number of benzene rings is 2. The molecule has 0 radical (unpaired) electrons. The van der Waals surface area contributed by atoms with Crippen LogP contribution in [-0.2, 0) is 0 Å². The molecule has 0 saturated carbocycles. The summed E-state index contributed by atoms with van der Waals surface area (Å²) in [4.78, 5) is 0. The summed E-state index contributed by atoms with van der Waals surface area (Å²) in [5.74, 6) is -2.61. The van der Waals surface area contributed by atoms with Crippen LogP contribution in [0.2, 0.25) is 0 Å². The van der Waals surface area contributed by atoms with Gasteiger partial charge in [0.15, 0.2) is 34.4 Å². The smallest absolute Gasteiger partial charge is 0.201 e. The van der Waals surface area contributed by atoms with Gasteiger partial charge in [-0.3, -0.25) is 0 Å². The first-order valence-electron chi connectivity index (χ1n) is 6.24. The maximum atomic E-state index is 13.4. The molecule has 0 aliphatic rings. The molecule has 4 N–H and O–H groups in total. The fraction of sp³-hybridized carbons (Fsp3) is 0. The Morgan fingerprint density at radius 3 is 2.32 bits per heavy atom. The predicted molar refractivity (Wildman–Crippen MR) is 77.4 cm³/mol. The van der Waals surface area contributed by atoms with E-state index >= 15 is 0 Å². The molecule has 0 amide bonds. The van der Waals surface area contributed by atoms with Gasteiger partial charge in [0.1, 0.15) is 0 Å². The minimum absolute atomic E-state index is 0.0685. The van der Waals surface area contributed by atoms with Crippen molar-refractivity contribution in [1.29, 1.82) is 0 Å². The minimum Gasteiger partial charge on any atom is -0.505 e. The molecule has 0 unspecified atom stereocenters. The Hall–Kier alpha value is -3.15.